The molecule has 4 fully saturated rings. The number of rotatable bonds is 15. The standard InChI is InChI=1S/C37H37N5O4.C29H35N5O5.C13H11BrO.3CH4/c43-36(40-19-17-38-18-20-40)35-34(29-10-3-1-4-11-29)42(31-13-8-12-30(26-31)39-21-23-45-24-22-39)37(44)41(35)27-28-9-7-16-33(25-28)46-32-14-5-2-6-15-32;1-29(2,3)39-28(37)33-14-12-32(13-15-33)26(35)24-25(21-8-5-4-6-9-21)34(27(36)30-24)23-11-7-10-22(20-23)31-16-18-38-19-17-31;14-10-11-5-4-8-13(9-11)15-12-6-2-1-3-7-12;;;/h1-16,25-26,38H,17-24,27H2;4-11,20H,12-19H2,1-3H3,(H,30,36);1-9H,10H2;3*1H4. The van der Waals surface area contributed by atoms with Crippen molar-refractivity contribution in [3.63, 3.8) is 0 Å². The van der Waals surface area contributed by atoms with Crippen LogP contribution in [0, 0.1) is 0 Å². The molecule has 0 atom stereocenters. The van der Waals surface area contributed by atoms with E-state index in [0.717, 1.165) is 76.8 Å². The van der Waals surface area contributed by atoms with Crippen molar-refractivity contribution in [1.29, 1.82) is 0 Å². The number of aromatic nitrogens is 4. The van der Waals surface area contributed by atoms with Crippen molar-refractivity contribution in [2.45, 2.75) is 60.5 Å². The number of aromatic amines is 1. The van der Waals surface area contributed by atoms with Crippen molar-refractivity contribution >= 4 is 45.2 Å². The van der Waals surface area contributed by atoms with Crippen molar-refractivity contribution in [2.24, 2.45) is 0 Å². The molecule has 3 amide bonds. The maximum atomic E-state index is 14.7. The van der Waals surface area contributed by atoms with Crippen molar-refractivity contribution < 1.29 is 38.1 Å². The van der Waals surface area contributed by atoms with E-state index < -0.39 is 5.60 Å². The second kappa shape index (κ2) is 36.4. The zero-order chi connectivity index (χ0) is 69.4. The van der Waals surface area contributed by atoms with Gasteiger partial charge in [0.25, 0.3) is 11.8 Å². The van der Waals surface area contributed by atoms with Crippen molar-refractivity contribution in [2.75, 3.05) is 115 Å². The topological polar surface area (TPSA) is 190 Å². The van der Waals surface area contributed by atoms with Crippen molar-refractivity contribution in [3.05, 3.63) is 262 Å². The monoisotopic (exact) mass is 1460 g/mol. The smallest absolute Gasteiger partial charge is 0.410 e. The molecule has 2 N–H and O–H groups in total. The SMILES string of the molecule is BrCc1cccc(Oc2ccccc2)c1.C.C.C.CC(C)(C)OC(=O)N1CCN(C(=O)c2[nH]c(=O)n(-c3cccc(N4CCOCC4)c3)c2-c2ccccc2)CC1.O=C(c1c(-c2ccccc2)n(-c2cccc(N3CCOCC3)c2)c(=O)n1Cc1cccc(Oc2ccccc2)c1)N1CCNCC1. The normalized spacial score (nSPS) is 14.4. The largest absolute Gasteiger partial charge is 0.457 e. The Morgan fingerprint density at radius 1 is 0.456 bits per heavy atom. The van der Waals surface area contributed by atoms with Crippen molar-refractivity contribution in [1.82, 2.24) is 38.7 Å². The van der Waals surface area contributed by atoms with Crippen LogP contribution in [-0.4, -0.2) is 162 Å². The van der Waals surface area contributed by atoms with Gasteiger partial charge in [0.1, 0.15) is 40.0 Å². The molecule has 6 heterocycles. The Balaban J connectivity index is 0.000000196. The second-order valence-electron chi connectivity index (χ2n) is 25.4. The minimum Gasteiger partial charge on any atom is -0.457 e. The van der Waals surface area contributed by atoms with Gasteiger partial charge in [0, 0.05) is 106 Å². The molecule has 103 heavy (non-hydrogen) atoms. The third-order valence-corrected chi connectivity index (χ3v) is 18.0. The highest BCUT2D eigenvalue weighted by Gasteiger charge is 2.34. The summed E-state index contributed by atoms with van der Waals surface area (Å²) in [6, 6.07) is 70.1. The first-order chi connectivity index (χ1) is 48.7. The highest BCUT2D eigenvalue weighted by molar-refractivity contribution is 9.08. The fourth-order valence-corrected chi connectivity index (χ4v) is 12.8. The number of anilines is 2. The van der Waals surface area contributed by atoms with E-state index >= 15 is 0 Å². The minimum atomic E-state index is -0.587. The van der Waals surface area contributed by atoms with E-state index in [-0.39, 0.29) is 63.8 Å². The molecule has 21 heteroatoms. The number of alkyl halides is 1. The number of halogens is 1. The lowest BCUT2D eigenvalue weighted by Gasteiger charge is -2.35. The van der Waals surface area contributed by atoms with E-state index in [1.165, 1.54) is 5.56 Å². The number of H-pyrrole nitrogens is 1. The quantitative estimate of drug-likeness (QED) is 0.0923. The lowest BCUT2D eigenvalue weighted by molar-refractivity contribution is 0.0140. The molecule has 2 aromatic heterocycles. The first-order valence-corrected chi connectivity index (χ1v) is 35.0. The van der Waals surface area contributed by atoms with E-state index in [1.54, 1.807) is 23.5 Å². The molecule has 0 aliphatic carbocycles. The van der Waals surface area contributed by atoms with Crippen LogP contribution in [0.3, 0.4) is 0 Å². The molecule has 0 radical (unpaired) electrons. The van der Waals surface area contributed by atoms with Gasteiger partial charge in [-0.2, -0.15) is 0 Å². The van der Waals surface area contributed by atoms with Crippen LogP contribution >= 0.6 is 15.9 Å². The minimum absolute atomic E-state index is 0. The molecule has 4 aliphatic heterocycles. The number of ether oxygens (including phenoxy) is 5. The Kier molecular flexibility index (Phi) is 27.1. The number of hydrogen-bond acceptors (Lipinski definition) is 13. The number of nitrogens with zero attached hydrogens (tertiary/aromatic N) is 8. The van der Waals surface area contributed by atoms with Crippen LogP contribution in [0.25, 0.3) is 33.9 Å². The molecule has 10 aromatic rings. The molecular formula is C82H95BrN10O10. The predicted molar refractivity (Wildman–Crippen MR) is 414 cm³/mol. The van der Waals surface area contributed by atoms with E-state index in [9.17, 15) is 24.0 Å². The maximum absolute atomic E-state index is 14.7. The third kappa shape index (κ3) is 19.4. The number of hydrogen-bond donors (Lipinski definition) is 2. The summed E-state index contributed by atoms with van der Waals surface area (Å²) in [6.45, 7) is 15.4. The summed E-state index contributed by atoms with van der Waals surface area (Å²) in [5, 5.41) is 4.18. The van der Waals surface area contributed by atoms with E-state index in [2.05, 4.69) is 48.2 Å². The van der Waals surface area contributed by atoms with Gasteiger partial charge in [-0.1, -0.05) is 172 Å². The van der Waals surface area contributed by atoms with E-state index in [0.29, 0.717) is 113 Å². The predicted octanol–water partition coefficient (Wildman–Crippen LogP) is 14.7. The fraction of sp³-hybridized carbons (Fsp3) is 0.305. The summed E-state index contributed by atoms with van der Waals surface area (Å²) in [7, 11) is 0. The van der Waals surface area contributed by atoms with Crippen molar-refractivity contribution in [3.8, 4) is 56.9 Å². The number of benzene rings is 8. The van der Waals surface area contributed by atoms with Crippen LogP contribution in [0.2, 0.25) is 0 Å². The number of morpholine rings is 2. The molecule has 0 unspecified atom stereocenters. The first-order valence-electron chi connectivity index (χ1n) is 33.9. The van der Waals surface area contributed by atoms with Crippen LogP contribution in [0.5, 0.6) is 23.0 Å². The molecule has 14 rings (SSSR count). The average molecular weight is 1460 g/mol. The number of nitrogens with one attached hydrogen (secondary N) is 2. The summed E-state index contributed by atoms with van der Waals surface area (Å²) < 4.78 is 33.3. The Bertz CT molecular complexity index is 4490. The van der Waals surface area contributed by atoms with Gasteiger partial charge in [0.2, 0.25) is 0 Å². The van der Waals surface area contributed by atoms with Crippen LogP contribution < -0.4 is 36.0 Å². The van der Waals surface area contributed by atoms with Gasteiger partial charge < -0.3 is 58.5 Å². The molecule has 4 saturated heterocycles. The van der Waals surface area contributed by atoms with Crippen LogP contribution in [0.15, 0.2) is 228 Å². The van der Waals surface area contributed by atoms with E-state index in [1.807, 2.05) is 232 Å². The van der Waals surface area contributed by atoms with Gasteiger partial charge in [0.05, 0.1) is 55.7 Å². The fourth-order valence-electron chi connectivity index (χ4n) is 12.4. The molecule has 20 nitrogen and oxygen atoms in total. The zero-order valence-corrected chi connectivity index (χ0v) is 58.1. The molecule has 0 bridgehead atoms. The Hall–Kier alpha value is -10.5. The molecule has 4 aliphatic rings. The van der Waals surface area contributed by atoms with E-state index in [4.69, 9.17) is 23.7 Å². The maximum Gasteiger partial charge on any atom is 0.410 e. The first kappa shape index (κ1) is 76.7. The molecule has 8 aromatic carbocycles. The van der Waals surface area contributed by atoms with Crippen LogP contribution in [0.4, 0.5) is 16.2 Å². The average Bonchev–Trinajstić information content (AvgIpc) is 1.60. The second-order valence-corrected chi connectivity index (χ2v) is 26.0. The molecule has 540 valence electrons. The summed E-state index contributed by atoms with van der Waals surface area (Å²) >= 11 is 3.42. The lowest BCUT2D eigenvalue weighted by atomic mass is 10.1. The number of imidazole rings is 2. The molecular weight excluding hydrogens is 1360 g/mol. The van der Waals surface area contributed by atoms with Gasteiger partial charge in [-0.3, -0.25) is 23.3 Å². The number of amides is 3. The van der Waals surface area contributed by atoms with Gasteiger partial charge in [0.15, 0.2) is 0 Å². The third-order valence-electron chi connectivity index (χ3n) is 17.3. The highest BCUT2D eigenvalue weighted by atomic mass is 79.9. The molecule has 0 spiro atoms. The van der Waals surface area contributed by atoms with Gasteiger partial charge >= 0.3 is 17.5 Å². The summed E-state index contributed by atoms with van der Waals surface area (Å²) in [6.07, 6.45) is -0.390. The summed E-state index contributed by atoms with van der Waals surface area (Å²) in [5.41, 5.74) is 7.47. The molecule has 0 saturated carbocycles. The number of carbonyl (C=O) groups excluding carboxylic acids is 3. The van der Waals surface area contributed by atoms with Gasteiger partial charge in [-0.15, -0.1) is 0 Å². The Morgan fingerprint density at radius 2 is 0.883 bits per heavy atom. The summed E-state index contributed by atoms with van der Waals surface area (Å²) in [5.74, 6) is 2.69. The lowest BCUT2D eigenvalue weighted by Crippen LogP contribution is -2.51. The Labute approximate surface area is 612 Å². The zero-order valence-electron chi connectivity index (χ0n) is 56.6. The van der Waals surface area contributed by atoms with Gasteiger partial charge in [-0.25, -0.2) is 14.4 Å². The number of carbonyl (C=O) groups is 3. The Morgan fingerprint density at radius 3 is 1.39 bits per heavy atom. The van der Waals surface area contributed by atoms with Gasteiger partial charge in [-0.05, 0) is 117 Å². The van der Waals surface area contributed by atoms with Crippen LogP contribution in [-0.2, 0) is 26.1 Å². The number of para-hydroxylation sites is 2. The number of piperazine rings is 2. The summed E-state index contributed by atoms with van der Waals surface area (Å²) in [4.78, 5) is 81.4. The highest BCUT2D eigenvalue weighted by Crippen LogP contribution is 2.33. The van der Waals surface area contributed by atoms with Crippen LogP contribution in [0.1, 0.15) is 75.2 Å².